The van der Waals surface area contributed by atoms with Crippen LogP contribution in [-0.4, -0.2) is 43.5 Å². The molecule has 0 amide bonds. The lowest BCUT2D eigenvalue weighted by Gasteiger charge is -2.17. The van der Waals surface area contributed by atoms with Crippen LogP contribution in [-0.2, 0) is 9.53 Å². The third-order valence-electron chi connectivity index (χ3n) is 3.22. The van der Waals surface area contributed by atoms with Gasteiger partial charge in [0.15, 0.2) is 0 Å². The molecule has 5 heteroatoms. The number of ether oxygens (including phenoxy) is 2. The highest BCUT2D eigenvalue weighted by Gasteiger charge is 2.22. The molecule has 0 heterocycles. The Hall–Kier alpha value is -2.30. The van der Waals surface area contributed by atoms with Gasteiger partial charge in [-0.15, -0.1) is 0 Å². The largest absolute Gasteiger partial charge is 0.497 e. The van der Waals surface area contributed by atoms with Crippen molar-refractivity contribution in [2.75, 3.05) is 26.8 Å². The van der Waals surface area contributed by atoms with Crippen LogP contribution < -0.4 is 4.74 Å². The Balaban J connectivity index is 3.13. The number of carbonyl (C=O) groups excluding carboxylic acids is 2. The zero-order chi connectivity index (χ0) is 16.5. The molecule has 0 aliphatic heterocycles. The van der Waals surface area contributed by atoms with E-state index in [1.165, 1.54) is 0 Å². The van der Waals surface area contributed by atoms with E-state index in [0.717, 1.165) is 0 Å². The molecule has 1 rings (SSSR count). The fraction of sp³-hybridized carbons (Fsp3) is 0.412. The normalized spacial score (nSPS) is 11.0. The molecule has 0 fully saturated rings. The maximum atomic E-state index is 12.6. The Bertz CT molecular complexity index is 530. The van der Waals surface area contributed by atoms with Gasteiger partial charge in [0, 0.05) is 24.9 Å². The number of hydrogen-bond donors (Lipinski definition) is 0. The summed E-state index contributed by atoms with van der Waals surface area (Å²) in [4.78, 5) is 26.6. The maximum Gasteiger partial charge on any atom is 0.343 e. The molecule has 22 heavy (non-hydrogen) atoms. The number of nitrogens with zero attached hydrogens (tertiary/aromatic N) is 1. The molecule has 0 bridgehead atoms. The van der Waals surface area contributed by atoms with E-state index in [1.807, 2.05) is 18.7 Å². The predicted molar refractivity (Wildman–Crippen MR) is 85.0 cm³/mol. The number of ketones is 1. The van der Waals surface area contributed by atoms with E-state index >= 15 is 0 Å². The minimum absolute atomic E-state index is 0.0377. The van der Waals surface area contributed by atoms with Crippen molar-refractivity contribution >= 4 is 11.8 Å². The summed E-state index contributed by atoms with van der Waals surface area (Å²) in [5, 5.41) is 0. The van der Waals surface area contributed by atoms with E-state index in [2.05, 4.69) is 0 Å². The Morgan fingerprint density at radius 1 is 1.09 bits per heavy atom. The molecule has 0 atom stereocenters. The van der Waals surface area contributed by atoms with Crippen LogP contribution in [0.2, 0.25) is 0 Å². The summed E-state index contributed by atoms with van der Waals surface area (Å²) in [5.74, 6) is -0.301. The SMILES string of the molecule is CCOC(=O)/C(=C\N(CC)CC)C(=O)c1ccc(OC)cc1. The zero-order valence-corrected chi connectivity index (χ0v) is 13.6. The first-order valence-corrected chi connectivity index (χ1v) is 7.39. The van der Waals surface area contributed by atoms with Gasteiger partial charge in [0.1, 0.15) is 11.3 Å². The molecule has 120 valence electrons. The maximum absolute atomic E-state index is 12.6. The first-order chi connectivity index (χ1) is 10.6. The standard InChI is InChI=1S/C17H23NO4/c1-5-18(6-2)12-15(17(20)22-7-3)16(19)13-8-10-14(21-4)11-9-13/h8-12H,5-7H2,1-4H3/b15-12-. The molecule has 1 aromatic carbocycles. The monoisotopic (exact) mass is 305 g/mol. The van der Waals surface area contributed by atoms with Crippen LogP contribution in [0.25, 0.3) is 0 Å². The number of methoxy groups -OCH3 is 1. The van der Waals surface area contributed by atoms with E-state index in [1.54, 1.807) is 44.5 Å². The van der Waals surface area contributed by atoms with E-state index in [4.69, 9.17) is 9.47 Å². The van der Waals surface area contributed by atoms with Gasteiger partial charge in [-0.2, -0.15) is 0 Å². The third-order valence-corrected chi connectivity index (χ3v) is 3.22. The second-order valence-electron chi connectivity index (χ2n) is 4.54. The zero-order valence-electron chi connectivity index (χ0n) is 13.6. The van der Waals surface area contributed by atoms with Crippen molar-refractivity contribution in [2.24, 2.45) is 0 Å². The van der Waals surface area contributed by atoms with Crippen LogP contribution in [0.5, 0.6) is 5.75 Å². The Labute approximate surface area is 131 Å². The van der Waals surface area contributed by atoms with Gasteiger partial charge < -0.3 is 14.4 Å². The topological polar surface area (TPSA) is 55.8 Å². The number of benzene rings is 1. The molecule has 0 N–H and O–H groups in total. The Kier molecular flexibility index (Phi) is 7.16. The highest BCUT2D eigenvalue weighted by molar-refractivity contribution is 6.24. The van der Waals surface area contributed by atoms with E-state index in [-0.39, 0.29) is 18.0 Å². The first kappa shape index (κ1) is 17.8. The summed E-state index contributed by atoms with van der Waals surface area (Å²) in [5.41, 5.74) is 0.461. The van der Waals surface area contributed by atoms with Crippen LogP contribution in [0.4, 0.5) is 0 Å². The van der Waals surface area contributed by atoms with Crippen molar-refractivity contribution in [1.29, 1.82) is 0 Å². The molecule has 0 radical (unpaired) electrons. The lowest BCUT2D eigenvalue weighted by atomic mass is 10.0. The molecule has 0 aromatic heterocycles. The summed E-state index contributed by atoms with van der Waals surface area (Å²) in [6.07, 6.45) is 1.57. The van der Waals surface area contributed by atoms with Gasteiger partial charge in [-0.25, -0.2) is 4.79 Å². The molecule has 5 nitrogen and oxygen atoms in total. The molecule has 0 spiro atoms. The summed E-state index contributed by atoms with van der Waals surface area (Å²) in [6.45, 7) is 7.26. The summed E-state index contributed by atoms with van der Waals surface area (Å²) in [6, 6.07) is 6.65. The van der Waals surface area contributed by atoms with Crippen molar-refractivity contribution in [3.05, 3.63) is 41.6 Å². The Morgan fingerprint density at radius 3 is 2.14 bits per heavy atom. The second kappa shape index (κ2) is 8.87. The molecular weight excluding hydrogens is 282 g/mol. The first-order valence-electron chi connectivity index (χ1n) is 7.39. The van der Waals surface area contributed by atoms with Crippen molar-refractivity contribution in [2.45, 2.75) is 20.8 Å². The van der Waals surface area contributed by atoms with Crippen LogP contribution in [0, 0.1) is 0 Å². The quantitative estimate of drug-likeness (QED) is 0.243. The van der Waals surface area contributed by atoms with Crippen LogP contribution in [0.15, 0.2) is 36.0 Å². The van der Waals surface area contributed by atoms with Crippen molar-refractivity contribution in [1.82, 2.24) is 4.90 Å². The van der Waals surface area contributed by atoms with Crippen LogP contribution in [0.1, 0.15) is 31.1 Å². The van der Waals surface area contributed by atoms with Gasteiger partial charge in [0.2, 0.25) is 5.78 Å². The minimum Gasteiger partial charge on any atom is -0.497 e. The van der Waals surface area contributed by atoms with Crippen LogP contribution >= 0.6 is 0 Å². The number of Topliss-reactive ketones (excluding diaryl/α,β-unsaturated/α-hetero) is 1. The minimum atomic E-state index is -0.602. The summed E-state index contributed by atoms with van der Waals surface area (Å²) >= 11 is 0. The Morgan fingerprint density at radius 2 is 1.68 bits per heavy atom. The highest BCUT2D eigenvalue weighted by Crippen LogP contribution is 2.16. The molecule has 0 saturated carbocycles. The van der Waals surface area contributed by atoms with Crippen LogP contribution in [0.3, 0.4) is 0 Å². The molecule has 1 aromatic rings. The lowest BCUT2D eigenvalue weighted by Crippen LogP contribution is -2.23. The fourth-order valence-corrected chi connectivity index (χ4v) is 1.90. The van der Waals surface area contributed by atoms with Gasteiger partial charge in [0.25, 0.3) is 0 Å². The fourth-order valence-electron chi connectivity index (χ4n) is 1.90. The van der Waals surface area contributed by atoms with Gasteiger partial charge in [0.05, 0.1) is 13.7 Å². The molecule has 0 aliphatic rings. The average molecular weight is 305 g/mol. The van der Waals surface area contributed by atoms with Gasteiger partial charge >= 0.3 is 5.97 Å². The summed E-state index contributed by atoms with van der Waals surface area (Å²) < 4.78 is 10.1. The lowest BCUT2D eigenvalue weighted by molar-refractivity contribution is -0.138. The second-order valence-corrected chi connectivity index (χ2v) is 4.54. The number of esters is 1. The molecule has 0 unspecified atom stereocenters. The molecule has 0 aliphatic carbocycles. The van der Waals surface area contributed by atoms with Gasteiger partial charge in [-0.05, 0) is 45.0 Å². The van der Waals surface area contributed by atoms with Gasteiger partial charge in [-0.1, -0.05) is 0 Å². The van der Waals surface area contributed by atoms with Crippen molar-refractivity contribution < 1.29 is 19.1 Å². The smallest absolute Gasteiger partial charge is 0.343 e. The molecule has 0 saturated heterocycles. The highest BCUT2D eigenvalue weighted by atomic mass is 16.5. The van der Waals surface area contributed by atoms with Crippen molar-refractivity contribution in [3.8, 4) is 5.75 Å². The van der Waals surface area contributed by atoms with E-state index in [0.29, 0.717) is 24.4 Å². The number of rotatable bonds is 8. The molecular formula is C17H23NO4. The summed E-state index contributed by atoms with van der Waals surface area (Å²) in [7, 11) is 1.56. The number of hydrogen-bond acceptors (Lipinski definition) is 5. The number of carbonyl (C=O) groups is 2. The predicted octanol–water partition coefficient (Wildman–Crippen LogP) is 2.67. The van der Waals surface area contributed by atoms with E-state index < -0.39 is 5.97 Å². The van der Waals surface area contributed by atoms with Crippen molar-refractivity contribution in [3.63, 3.8) is 0 Å². The third kappa shape index (κ3) is 4.62. The average Bonchev–Trinajstić information content (AvgIpc) is 2.55. The van der Waals surface area contributed by atoms with Gasteiger partial charge in [-0.3, -0.25) is 4.79 Å². The van der Waals surface area contributed by atoms with E-state index in [9.17, 15) is 9.59 Å².